The van der Waals surface area contributed by atoms with Crippen molar-refractivity contribution in [3.63, 3.8) is 0 Å². The van der Waals surface area contributed by atoms with E-state index >= 15 is 0 Å². The Kier molecular flexibility index (Phi) is 3.88. The highest BCUT2D eigenvalue weighted by molar-refractivity contribution is 8.93. The van der Waals surface area contributed by atoms with Crippen molar-refractivity contribution in [1.29, 1.82) is 0 Å². The van der Waals surface area contributed by atoms with Crippen LogP contribution in [0.5, 0.6) is 5.75 Å². The molecule has 56 valence electrons. The molecule has 1 aromatic rings. The van der Waals surface area contributed by atoms with Crippen LogP contribution in [-0.4, -0.2) is 7.11 Å². The predicted molar refractivity (Wildman–Crippen MR) is 47.7 cm³/mol. The van der Waals surface area contributed by atoms with E-state index in [1.165, 1.54) is 0 Å². The monoisotopic (exact) mass is 203 g/mol. The average molecular weight is 204 g/mol. The van der Waals surface area contributed by atoms with E-state index in [0.29, 0.717) is 0 Å². The van der Waals surface area contributed by atoms with E-state index in [1.807, 2.05) is 12.1 Å². The molecule has 3 heteroatoms. The van der Waals surface area contributed by atoms with Gasteiger partial charge in [0.2, 0.25) is 0 Å². The van der Waals surface area contributed by atoms with Crippen LogP contribution in [0.15, 0.2) is 24.3 Å². The van der Waals surface area contributed by atoms with Gasteiger partial charge in [-0.2, -0.15) is 0 Å². The second-order valence-corrected chi connectivity index (χ2v) is 1.77. The summed E-state index contributed by atoms with van der Waals surface area (Å²) in [4.78, 5) is 0. The molecular weight excluding hydrogens is 194 g/mol. The molecule has 0 saturated heterocycles. The lowest BCUT2D eigenvalue weighted by atomic mass is 10.3. The Morgan fingerprint density at radius 1 is 1.20 bits per heavy atom. The zero-order chi connectivity index (χ0) is 6.69. The van der Waals surface area contributed by atoms with Gasteiger partial charge in [-0.05, 0) is 24.3 Å². The number of rotatable bonds is 1. The summed E-state index contributed by atoms with van der Waals surface area (Å²) in [7, 11) is 1.63. The first-order valence-corrected chi connectivity index (χ1v) is 2.72. The van der Waals surface area contributed by atoms with E-state index < -0.39 is 0 Å². The second-order valence-electron chi connectivity index (χ2n) is 1.77. The third kappa shape index (κ3) is 2.27. The summed E-state index contributed by atoms with van der Waals surface area (Å²) in [5.74, 6) is 0.837. The molecule has 1 rings (SSSR count). The van der Waals surface area contributed by atoms with Crippen molar-refractivity contribution in [2.45, 2.75) is 0 Å². The molecule has 2 N–H and O–H groups in total. The standard InChI is InChI=1S/C7H9NO.BrH/c1-9-7-4-2-6(8)3-5-7;/h2-5H,8H2,1H3;1H. The van der Waals surface area contributed by atoms with Gasteiger partial charge in [-0.25, -0.2) is 0 Å². The van der Waals surface area contributed by atoms with Crippen molar-refractivity contribution in [3.05, 3.63) is 24.3 Å². The highest BCUT2D eigenvalue weighted by Crippen LogP contribution is 2.11. The molecule has 1 aromatic carbocycles. The van der Waals surface area contributed by atoms with Crippen LogP contribution in [0.1, 0.15) is 0 Å². The summed E-state index contributed by atoms with van der Waals surface area (Å²) >= 11 is 0. The summed E-state index contributed by atoms with van der Waals surface area (Å²) in [5.41, 5.74) is 6.19. The molecule has 0 spiro atoms. The molecule has 0 unspecified atom stereocenters. The van der Waals surface area contributed by atoms with E-state index in [-0.39, 0.29) is 17.0 Å². The number of hydrogen-bond acceptors (Lipinski definition) is 2. The summed E-state index contributed by atoms with van der Waals surface area (Å²) in [5, 5.41) is 0. The van der Waals surface area contributed by atoms with Crippen LogP contribution in [0.4, 0.5) is 5.69 Å². The molecule has 10 heavy (non-hydrogen) atoms. The summed E-state index contributed by atoms with van der Waals surface area (Å²) in [6.07, 6.45) is 0. The highest BCUT2D eigenvalue weighted by atomic mass is 79.9. The quantitative estimate of drug-likeness (QED) is 0.708. The van der Waals surface area contributed by atoms with Crippen LogP contribution < -0.4 is 10.5 Å². The lowest BCUT2D eigenvalue weighted by Gasteiger charge is -1.97. The Balaban J connectivity index is 0.000000810. The fourth-order valence-electron chi connectivity index (χ4n) is 0.604. The van der Waals surface area contributed by atoms with E-state index in [1.54, 1.807) is 19.2 Å². The smallest absolute Gasteiger partial charge is 0.119 e. The Morgan fingerprint density at radius 2 is 1.70 bits per heavy atom. The van der Waals surface area contributed by atoms with Crippen LogP contribution in [-0.2, 0) is 0 Å². The minimum absolute atomic E-state index is 0. The van der Waals surface area contributed by atoms with E-state index in [2.05, 4.69) is 0 Å². The van der Waals surface area contributed by atoms with Gasteiger partial charge in [0, 0.05) is 5.69 Å². The zero-order valence-corrected chi connectivity index (χ0v) is 7.42. The van der Waals surface area contributed by atoms with Crippen LogP contribution >= 0.6 is 17.0 Å². The molecule has 0 radical (unpaired) electrons. The van der Waals surface area contributed by atoms with Crippen molar-refractivity contribution in [1.82, 2.24) is 0 Å². The number of ether oxygens (including phenoxy) is 1. The first-order valence-electron chi connectivity index (χ1n) is 2.72. The molecule has 0 bridgehead atoms. The first-order chi connectivity index (χ1) is 4.33. The van der Waals surface area contributed by atoms with Gasteiger partial charge >= 0.3 is 0 Å². The Labute approximate surface area is 70.8 Å². The molecule has 0 amide bonds. The highest BCUT2D eigenvalue weighted by Gasteiger charge is 1.85. The Morgan fingerprint density at radius 3 is 2.10 bits per heavy atom. The second kappa shape index (κ2) is 4.17. The topological polar surface area (TPSA) is 35.2 Å². The molecule has 0 aromatic heterocycles. The fraction of sp³-hybridized carbons (Fsp3) is 0.143. The average Bonchev–Trinajstić information content (AvgIpc) is 1.90. The van der Waals surface area contributed by atoms with Crippen LogP contribution in [0, 0.1) is 0 Å². The maximum atomic E-state index is 5.43. The maximum Gasteiger partial charge on any atom is 0.119 e. The van der Waals surface area contributed by atoms with E-state index in [0.717, 1.165) is 11.4 Å². The van der Waals surface area contributed by atoms with Crippen molar-refractivity contribution < 1.29 is 4.74 Å². The molecule has 0 fully saturated rings. The van der Waals surface area contributed by atoms with Crippen molar-refractivity contribution in [2.24, 2.45) is 0 Å². The molecule has 0 aliphatic rings. The largest absolute Gasteiger partial charge is 0.497 e. The molecule has 0 heterocycles. The lowest BCUT2D eigenvalue weighted by molar-refractivity contribution is 0.415. The number of anilines is 1. The van der Waals surface area contributed by atoms with E-state index in [4.69, 9.17) is 10.5 Å². The van der Waals surface area contributed by atoms with E-state index in [9.17, 15) is 0 Å². The van der Waals surface area contributed by atoms with Gasteiger partial charge in [-0.3, -0.25) is 0 Å². The van der Waals surface area contributed by atoms with Gasteiger partial charge in [0.25, 0.3) is 0 Å². The van der Waals surface area contributed by atoms with Gasteiger partial charge in [0.05, 0.1) is 7.11 Å². The minimum Gasteiger partial charge on any atom is -0.497 e. The third-order valence-electron chi connectivity index (χ3n) is 1.12. The molecule has 0 atom stereocenters. The normalized spacial score (nSPS) is 8.10. The summed E-state index contributed by atoms with van der Waals surface area (Å²) in [6.45, 7) is 0. The number of nitrogen functional groups attached to an aromatic ring is 1. The van der Waals surface area contributed by atoms with Gasteiger partial charge in [-0.15, -0.1) is 17.0 Å². The number of hydrogen-bond donors (Lipinski definition) is 1. The summed E-state index contributed by atoms with van der Waals surface area (Å²) in [6, 6.07) is 7.27. The molecule has 0 aliphatic heterocycles. The number of benzene rings is 1. The number of methoxy groups -OCH3 is 1. The molecular formula is C7H10BrNO. The third-order valence-corrected chi connectivity index (χ3v) is 1.12. The van der Waals surface area contributed by atoms with Crippen LogP contribution in [0.25, 0.3) is 0 Å². The van der Waals surface area contributed by atoms with Crippen molar-refractivity contribution >= 4 is 22.7 Å². The van der Waals surface area contributed by atoms with Gasteiger partial charge in [-0.1, -0.05) is 0 Å². The van der Waals surface area contributed by atoms with Gasteiger partial charge in [0.15, 0.2) is 0 Å². The van der Waals surface area contributed by atoms with Crippen molar-refractivity contribution in [2.75, 3.05) is 12.8 Å². The van der Waals surface area contributed by atoms with Gasteiger partial charge in [0.1, 0.15) is 5.75 Å². The molecule has 2 nitrogen and oxygen atoms in total. The Bertz CT molecular complexity index is 185. The predicted octanol–water partition coefficient (Wildman–Crippen LogP) is 1.86. The zero-order valence-electron chi connectivity index (χ0n) is 5.70. The minimum atomic E-state index is 0. The van der Waals surface area contributed by atoms with Crippen molar-refractivity contribution in [3.8, 4) is 5.75 Å². The Hall–Kier alpha value is -0.700. The lowest BCUT2D eigenvalue weighted by Crippen LogP contribution is -1.84. The molecule has 0 saturated carbocycles. The SMILES string of the molecule is Br.COc1ccc(N)cc1. The summed E-state index contributed by atoms with van der Waals surface area (Å²) < 4.78 is 4.91. The number of halogens is 1. The maximum absolute atomic E-state index is 5.43. The van der Waals surface area contributed by atoms with Crippen LogP contribution in [0.2, 0.25) is 0 Å². The first kappa shape index (κ1) is 9.30. The van der Waals surface area contributed by atoms with Gasteiger partial charge < -0.3 is 10.5 Å². The number of nitrogens with two attached hydrogens (primary N) is 1. The van der Waals surface area contributed by atoms with Crippen LogP contribution in [0.3, 0.4) is 0 Å². The molecule has 0 aliphatic carbocycles. The fourth-order valence-corrected chi connectivity index (χ4v) is 0.604.